The van der Waals surface area contributed by atoms with E-state index in [1.54, 1.807) is 25.3 Å². The van der Waals surface area contributed by atoms with Crippen molar-refractivity contribution in [2.24, 2.45) is 0 Å². The van der Waals surface area contributed by atoms with Gasteiger partial charge in [-0.3, -0.25) is 4.21 Å². The molecule has 1 atom stereocenters. The van der Waals surface area contributed by atoms with Gasteiger partial charge in [-0.05, 0) is 54.8 Å². The van der Waals surface area contributed by atoms with Crippen molar-refractivity contribution in [3.8, 4) is 5.75 Å². The second kappa shape index (κ2) is 6.45. The predicted molar refractivity (Wildman–Crippen MR) is 98.1 cm³/mol. The van der Waals surface area contributed by atoms with Crippen molar-refractivity contribution in [1.29, 1.82) is 0 Å². The molecule has 7 heteroatoms. The molecule has 0 bridgehead atoms. The van der Waals surface area contributed by atoms with Crippen LogP contribution in [-0.4, -0.2) is 21.3 Å². The van der Waals surface area contributed by atoms with Gasteiger partial charge in [0.1, 0.15) is 5.75 Å². The van der Waals surface area contributed by atoms with Crippen molar-refractivity contribution < 1.29 is 8.95 Å². The summed E-state index contributed by atoms with van der Waals surface area (Å²) in [5.41, 5.74) is 10.9. The number of rotatable bonds is 4. The molecule has 0 spiro atoms. The van der Waals surface area contributed by atoms with E-state index in [0.717, 1.165) is 33.5 Å². The zero-order valence-electron chi connectivity index (χ0n) is 13.6. The number of anilines is 1. The minimum atomic E-state index is -1.36. The smallest absolute Gasteiger partial charge is 0.197 e. The maximum absolute atomic E-state index is 12.7. The van der Waals surface area contributed by atoms with Gasteiger partial charge >= 0.3 is 0 Å². The zero-order chi connectivity index (χ0) is 17.4. The number of aryl methyl sites for hydroxylation is 1. The van der Waals surface area contributed by atoms with Gasteiger partial charge in [0.15, 0.2) is 5.16 Å². The lowest BCUT2D eigenvalue weighted by Gasteiger charge is -2.15. The number of ether oxygens (including phenoxy) is 1. The van der Waals surface area contributed by atoms with Crippen molar-refractivity contribution in [2.45, 2.75) is 24.8 Å². The molecule has 3 N–H and O–H groups in total. The minimum absolute atomic E-state index is 0.266. The van der Waals surface area contributed by atoms with E-state index >= 15 is 0 Å². The van der Waals surface area contributed by atoms with Crippen LogP contribution in [0.5, 0.6) is 5.75 Å². The van der Waals surface area contributed by atoms with Gasteiger partial charge in [0.05, 0.1) is 34.7 Å². The summed E-state index contributed by atoms with van der Waals surface area (Å²) >= 11 is 5.97. The van der Waals surface area contributed by atoms with Crippen LogP contribution in [0.1, 0.15) is 16.7 Å². The fourth-order valence-corrected chi connectivity index (χ4v) is 4.18. The number of aromatic amines is 1. The Kier molecular flexibility index (Phi) is 4.51. The van der Waals surface area contributed by atoms with Crippen LogP contribution in [0.4, 0.5) is 5.69 Å². The molecule has 0 aliphatic heterocycles. The molecule has 3 aromatic rings. The monoisotopic (exact) mass is 363 g/mol. The number of imidazole rings is 1. The largest absolute Gasteiger partial charge is 0.496 e. The average Bonchev–Trinajstić information content (AvgIpc) is 2.94. The Morgan fingerprint density at radius 3 is 2.79 bits per heavy atom. The minimum Gasteiger partial charge on any atom is -0.496 e. The molecule has 3 rings (SSSR count). The van der Waals surface area contributed by atoms with Crippen LogP contribution >= 0.6 is 11.6 Å². The van der Waals surface area contributed by atoms with Crippen LogP contribution in [0.3, 0.4) is 0 Å². The van der Waals surface area contributed by atoms with Crippen LogP contribution in [0.2, 0.25) is 5.02 Å². The molecule has 1 heterocycles. The lowest BCUT2D eigenvalue weighted by atomic mass is 10.0. The SMILES string of the molecule is COc1c(C)cc(N)c(CS(=O)c2nc3ccc(Cl)cc3[nH]2)c1C. The maximum Gasteiger partial charge on any atom is 0.197 e. The van der Waals surface area contributed by atoms with E-state index in [1.807, 2.05) is 19.9 Å². The number of methoxy groups -OCH3 is 1. The molecule has 2 aromatic carbocycles. The standard InChI is InChI=1S/C17H18ClN3O2S/c1-9-6-13(19)12(10(2)16(9)23-3)8-24(22)17-20-14-5-4-11(18)7-15(14)21-17/h4-7H,8,19H2,1-3H3,(H,20,21). The van der Waals surface area contributed by atoms with Gasteiger partial charge in [-0.15, -0.1) is 0 Å². The summed E-state index contributed by atoms with van der Waals surface area (Å²) in [6.07, 6.45) is 0. The number of aromatic nitrogens is 2. The van der Waals surface area contributed by atoms with Crippen LogP contribution < -0.4 is 10.5 Å². The zero-order valence-corrected chi connectivity index (χ0v) is 15.2. The third-order valence-corrected chi connectivity index (χ3v) is 5.40. The Morgan fingerprint density at radius 2 is 2.08 bits per heavy atom. The third-order valence-electron chi connectivity index (χ3n) is 3.99. The Labute approximate surface area is 147 Å². The van der Waals surface area contributed by atoms with E-state index in [0.29, 0.717) is 15.9 Å². The molecule has 0 fully saturated rings. The summed E-state index contributed by atoms with van der Waals surface area (Å²) in [5, 5.41) is 1.01. The van der Waals surface area contributed by atoms with E-state index < -0.39 is 10.8 Å². The van der Waals surface area contributed by atoms with Gasteiger partial charge in [0, 0.05) is 10.7 Å². The molecule has 24 heavy (non-hydrogen) atoms. The molecule has 5 nitrogen and oxygen atoms in total. The fraction of sp³-hybridized carbons (Fsp3) is 0.235. The van der Waals surface area contributed by atoms with E-state index in [4.69, 9.17) is 22.1 Å². The molecule has 0 aliphatic carbocycles. The molecular formula is C17H18ClN3O2S. The van der Waals surface area contributed by atoms with Gasteiger partial charge in [-0.25, -0.2) is 4.98 Å². The first-order valence-electron chi connectivity index (χ1n) is 7.37. The summed E-state index contributed by atoms with van der Waals surface area (Å²) in [5.74, 6) is 1.04. The number of halogens is 1. The van der Waals surface area contributed by atoms with Crippen molar-refractivity contribution >= 4 is 39.1 Å². The van der Waals surface area contributed by atoms with E-state index in [9.17, 15) is 4.21 Å². The number of benzene rings is 2. The molecule has 0 saturated heterocycles. The summed E-state index contributed by atoms with van der Waals surface area (Å²) < 4.78 is 18.2. The highest BCUT2D eigenvalue weighted by Gasteiger charge is 2.17. The van der Waals surface area contributed by atoms with Crippen LogP contribution in [0.15, 0.2) is 29.4 Å². The van der Waals surface area contributed by atoms with Crippen molar-refractivity contribution in [2.75, 3.05) is 12.8 Å². The molecule has 0 saturated carbocycles. The van der Waals surface area contributed by atoms with Crippen molar-refractivity contribution in [3.05, 3.63) is 46.0 Å². The van der Waals surface area contributed by atoms with Crippen molar-refractivity contribution in [3.63, 3.8) is 0 Å². The molecular weight excluding hydrogens is 346 g/mol. The first-order valence-corrected chi connectivity index (χ1v) is 9.06. The summed E-state index contributed by atoms with van der Waals surface area (Å²) in [4.78, 5) is 7.45. The first kappa shape index (κ1) is 16.8. The van der Waals surface area contributed by atoms with Crippen LogP contribution in [0, 0.1) is 13.8 Å². The number of nitrogens with one attached hydrogen (secondary N) is 1. The van der Waals surface area contributed by atoms with E-state index in [-0.39, 0.29) is 5.75 Å². The Bertz CT molecular complexity index is 953. The number of nitrogens with zero attached hydrogens (tertiary/aromatic N) is 1. The number of hydrogen-bond donors (Lipinski definition) is 2. The molecule has 1 aromatic heterocycles. The number of hydrogen-bond acceptors (Lipinski definition) is 4. The number of H-pyrrole nitrogens is 1. The fourth-order valence-electron chi connectivity index (χ4n) is 2.81. The van der Waals surface area contributed by atoms with Gasteiger partial charge in [-0.1, -0.05) is 11.6 Å². The average molecular weight is 364 g/mol. The van der Waals surface area contributed by atoms with Gasteiger partial charge in [0.2, 0.25) is 0 Å². The van der Waals surface area contributed by atoms with Crippen LogP contribution in [-0.2, 0) is 16.6 Å². The Morgan fingerprint density at radius 1 is 1.33 bits per heavy atom. The summed E-state index contributed by atoms with van der Waals surface area (Å²) in [6, 6.07) is 7.16. The normalized spacial score (nSPS) is 12.5. The Hall–Kier alpha value is -2.05. The quantitative estimate of drug-likeness (QED) is 0.692. The highest BCUT2D eigenvalue weighted by atomic mass is 35.5. The summed E-state index contributed by atoms with van der Waals surface area (Å²) in [6.45, 7) is 3.86. The van der Waals surface area contributed by atoms with Gasteiger partial charge < -0.3 is 15.5 Å². The maximum atomic E-state index is 12.7. The number of nitrogens with two attached hydrogens (primary N) is 1. The molecule has 0 radical (unpaired) electrons. The molecule has 0 amide bonds. The predicted octanol–water partition coefficient (Wildman–Crippen LogP) is 3.73. The Balaban J connectivity index is 1.97. The number of nitrogen functional groups attached to an aromatic ring is 1. The van der Waals surface area contributed by atoms with Gasteiger partial charge in [0.25, 0.3) is 0 Å². The molecule has 0 aliphatic rings. The second-order valence-corrected chi connectivity index (χ2v) is 7.42. The highest BCUT2D eigenvalue weighted by molar-refractivity contribution is 7.84. The lowest BCUT2D eigenvalue weighted by Crippen LogP contribution is -2.06. The van der Waals surface area contributed by atoms with Gasteiger partial charge in [-0.2, -0.15) is 0 Å². The molecule has 126 valence electrons. The lowest BCUT2D eigenvalue weighted by molar-refractivity contribution is 0.408. The van der Waals surface area contributed by atoms with E-state index in [1.165, 1.54) is 0 Å². The topological polar surface area (TPSA) is 81.0 Å². The highest BCUT2D eigenvalue weighted by Crippen LogP contribution is 2.32. The second-order valence-electron chi connectivity index (χ2n) is 5.61. The van der Waals surface area contributed by atoms with Crippen LogP contribution in [0.25, 0.3) is 11.0 Å². The summed E-state index contributed by atoms with van der Waals surface area (Å²) in [7, 11) is 0.264. The molecule has 1 unspecified atom stereocenters. The first-order chi connectivity index (χ1) is 11.4. The third kappa shape index (κ3) is 2.99. The van der Waals surface area contributed by atoms with Crippen molar-refractivity contribution in [1.82, 2.24) is 9.97 Å². The van der Waals surface area contributed by atoms with E-state index in [2.05, 4.69) is 9.97 Å². The number of fused-ring (bicyclic) bond motifs is 1.